The maximum absolute atomic E-state index is 6.11. The van der Waals surface area contributed by atoms with Crippen LogP contribution in [0.2, 0.25) is 0 Å². The second kappa shape index (κ2) is 10.2. The van der Waals surface area contributed by atoms with E-state index in [1.807, 2.05) is 42.5 Å². The normalized spacial score (nSPS) is 17.7. The zero-order valence-electron chi connectivity index (χ0n) is 19.1. The lowest BCUT2D eigenvalue weighted by atomic mass is 10.1. The van der Waals surface area contributed by atoms with Crippen molar-refractivity contribution in [1.82, 2.24) is 15.1 Å². The molecule has 3 aliphatic heterocycles. The first-order valence-corrected chi connectivity index (χ1v) is 11.7. The van der Waals surface area contributed by atoms with Gasteiger partial charge in [-0.15, -0.1) is 0 Å². The summed E-state index contributed by atoms with van der Waals surface area (Å²) < 4.78 is 17.3. The fourth-order valence-electron chi connectivity index (χ4n) is 4.40. The number of nitrogens with zero attached hydrogens (tertiary/aromatic N) is 4. The van der Waals surface area contributed by atoms with Crippen molar-refractivity contribution in [3.05, 3.63) is 53.6 Å². The average molecular weight is 450 g/mol. The highest BCUT2D eigenvalue weighted by atomic mass is 16.5. The molecule has 0 aromatic heterocycles. The molecular formula is C25H31N5O3. The number of nitrogens with one attached hydrogen (secondary N) is 1. The fraction of sp³-hybridized carbons (Fsp3) is 0.440. The highest BCUT2D eigenvalue weighted by molar-refractivity contribution is 6.16. The summed E-state index contributed by atoms with van der Waals surface area (Å²) in [5, 5.41) is 3.54. The van der Waals surface area contributed by atoms with Gasteiger partial charge in [0, 0.05) is 31.7 Å². The first kappa shape index (κ1) is 21.7. The summed E-state index contributed by atoms with van der Waals surface area (Å²) >= 11 is 0. The van der Waals surface area contributed by atoms with E-state index in [4.69, 9.17) is 24.2 Å². The van der Waals surface area contributed by atoms with Crippen LogP contribution in [0, 0.1) is 0 Å². The lowest BCUT2D eigenvalue weighted by molar-refractivity contribution is 0.0376. The Morgan fingerprint density at radius 3 is 2.73 bits per heavy atom. The number of hydrogen-bond acceptors (Lipinski definition) is 8. The van der Waals surface area contributed by atoms with Crippen molar-refractivity contribution in [2.24, 2.45) is 9.98 Å². The quantitative estimate of drug-likeness (QED) is 0.625. The average Bonchev–Trinajstić information content (AvgIpc) is 3.37. The first-order chi connectivity index (χ1) is 16.3. The van der Waals surface area contributed by atoms with Crippen LogP contribution in [0.4, 0.5) is 5.69 Å². The third-order valence-electron chi connectivity index (χ3n) is 6.13. The van der Waals surface area contributed by atoms with E-state index in [0.717, 1.165) is 87.5 Å². The lowest BCUT2D eigenvalue weighted by Crippen LogP contribution is -2.46. The van der Waals surface area contributed by atoms with Crippen molar-refractivity contribution in [2.45, 2.75) is 13.0 Å². The van der Waals surface area contributed by atoms with Crippen molar-refractivity contribution < 1.29 is 14.2 Å². The van der Waals surface area contributed by atoms with Crippen LogP contribution in [0.15, 0.2) is 52.4 Å². The SMILES string of the molecule is COc1c(OCc2ccccc2)ccc2c1N=C(NCCCN1CCOCC1)N1CCN=C21. The molecule has 1 fully saturated rings. The van der Waals surface area contributed by atoms with Crippen LogP contribution in [0.5, 0.6) is 11.5 Å². The minimum Gasteiger partial charge on any atom is -0.491 e. The van der Waals surface area contributed by atoms with Crippen LogP contribution in [0.25, 0.3) is 0 Å². The highest BCUT2D eigenvalue weighted by Gasteiger charge is 2.32. The van der Waals surface area contributed by atoms with Gasteiger partial charge in [-0.3, -0.25) is 14.8 Å². The van der Waals surface area contributed by atoms with E-state index in [9.17, 15) is 0 Å². The molecule has 0 spiro atoms. The van der Waals surface area contributed by atoms with E-state index in [2.05, 4.69) is 15.1 Å². The number of fused-ring (bicyclic) bond motifs is 3. The van der Waals surface area contributed by atoms with E-state index in [1.54, 1.807) is 7.11 Å². The van der Waals surface area contributed by atoms with Gasteiger partial charge in [-0.25, -0.2) is 4.99 Å². The number of methoxy groups -OCH3 is 1. The Morgan fingerprint density at radius 2 is 1.91 bits per heavy atom. The topological polar surface area (TPSA) is 70.9 Å². The molecule has 0 bridgehead atoms. The Balaban J connectivity index is 1.32. The van der Waals surface area contributed by atoms with E-state index >= 15 is 0 Å². The minimum absolute atomic E-state index is 0.472. The maximum Gasteiger partial charge on any atom is 0.205 e. The molecule has 0 aliphatic carbocycles. The highest BCUT2D eigenvalue weighted by Crippen LogP contribution is 2.43. The van der Waals surface area contributed by atoms with Gasteiger partial charge < -0.3 is 19.5 Å². The van der Waals surface area contributed by atoms with Gasteiger partial charge in [0.2, 0.25) is 5.96 Å². The van der Waals surface area contributed by atoms with Gasteiger partial charge in [0.05, 0.1) is 26.9 Å². The van der Waals surface area contributed by atoms with Gasteiger partial charge in [-0.2, -0.15) is 0 Å². The summed E-state index contributed by atoms with van der Waals surface area (Å²) in [6.45, 7) is 7.66. The van der Waals surface area contributed by atoms with Gasteiger partial charge >= 0.3 is 0 Å². The third kappa shape index (κ3) is 4.82. The molecule has 1 N–H and O–H groups in total. The Bertz CT molecular complexity index is 1020. The van der Waals surface area contributed by atoms with Crippen molar-refractivity contribution in [3.63, 3.8) is 0 Å². The molecule has 3 aliphatic rings. The van der Waals surface area contributed by atoms with E-state index in [-0.39, 0.29) is 0 Å². The molecule has 0 atom stereocenters. The molecule has 8 nitrogen and oxygen atoms in total. The van der Waals surface area contributed by atoms with Gasteiger partial charge in [-0.1, -0.05) is 30.3 Å². The van der Waals surface area contributed by atoms with Crippen molar-refractivity contribution in [3.8, 4) is 11.5 Å². The predicted molar refractivity (Wildman–Crippen MR) is 129 cm³/mol. The van der Waals surface area contributed by atoms with Crippen LogP contribution in [0.3, 0.4) is 0 Å². The first-order valence-electron chi connectivity index (χ1n) is 11.7. The van der Waals surface area contributed by atoms with Crippen molar-refractivity contribution in [1.29, 1.82) is 0 Å². The molecule has 174 valence electrons. The second-order valence-electron chi connectivity index (χ2n) is 8.29. The lowest BCUT2D eigenvalue weighted by Gasteiger charge is -2.30. The molecule has 1 saturated heterocycles. The Morgan fingerprint density at radius 1 is 1.06 bits per heavy atom. The number of guanidine groups is 1. The Hall–Kier alpha value is -3.10. The van der Waals surface area contributed by atoms with Gasteiger partial charge in [0.1, 0.15) is 18.1 Å². The number of aliphatic imine (C=N–C) groups is 2. The van der Waals surface area contributed by atoms with E-state index in [0.29, 0.717) is 18.1 Å². The molecule has 33 heavy (non-hydrogen) atoms. The molecule has 8 heteroatoms. The summed E-state index contributed by atoms with van der Waals surface area (Å²) in [4.78, 5) is 14.3. The number of hydrogen-bond donors (Lipinski definition) is 1. The molecule has 2 aromatic rings. The zero-order chi connectivity index (χ0) is 22.5. The van der Waals surface area contributed by atoms with Crippen molar-refractivity contribution in [2.75, 3.05) is 59.6 Å². The molecule has 0 amide bonds. The van der Waals surface area contributed by atoms with Crippen LogP contribution >= 0.6 is 0 Å². The van der Waals surface area contributed by atoms with Gasteiger partial charge in [0.15, 0.2) is 11.5 Å². The van der Waals surface area contributed by atoms with Gasteiger partial charge in [-0.05, 0) is 30.7 Å². The second-order valence-corrected chi connectivity index (χ2v) is 8.29. The molecule has 2 aromatic carbocycles. The number of benzene rings is 2. The molecule has 0 radical (unpaired) electrons. The number of rotatable bonds is 8. The largest absolute Gasteiger partial charge is 0.491 e. The summed E-state index contributed by atoms with van der Waals surface area (Å²) in [7, 11) is 1.67. The number of morpholine rings is 1. The Labute approximate surface area is 194 Å². The van der Waals surface area contributed by atoms with Gasteiger partial charge in [0.25, 0.3) is 0 Å². The third-order valence-corrected chi connectivity index (χ3v) is 6.13. The van der Waals surface area contributed by atoms with Crippen LogP contribution in [-0.2, 0) is 11.3 Å². The predicted octanol–water partition coefficient (Wildman–Crippen LogP) is 2.65. The molecule has 0 saturated carbocycles. The van der Waals surface area contributed by atoms with Crippen molar-refractivity contribution >= 4 is 17.5 Å². The fourth-order valence-corrected chi connectivity index (χ4v) is 4.40. The summed E-state index contributed by atoms with van der Waals surface area (Å²) in [5.74, 6) is 3.11. The summed E-state index contributed by atoms with van der Waals surface area (Å²) in [6, 6.07) is 14.1. The van der Waals surface area contributed by atoms with Crippen LogP contribution in [0.1, 0.15) is 17.5 Å². The van der Waals surface area contributed by atoms with E-state index in [1.165, 1.54) is 0 Å². The minimum atomic E-state index is 0.472. The van der Waals surface area contributed by atoms with Crippen LogP contribution < -0.4 is 14.8 Å². The number of ether oxygens (including phenoxy) is 3. The molecule has 3 heterocycles. The number of amidine groups is 1. The monoisotopic (exact) mass is 449 g/mol. The molecule has 0 unspecified atom stereocenters. The molecular weight excluding hydrogens is 418 g/mol. The standard InChI is InChI=1S/C25H31N5O3/c1-31-23-21(33-18-19-6-3-2-4-7-19)9-8-20-22(23)28-25(30-13-11-26-24(20)30)27-10-5-12-29-14-16-32-17-15-29/h2-4,6-9H,5,10-18H2,1H3,(H,27,28). The summed E-state index contributed by atoms with van der Waals surface area (Å²) in [6.07, 6.45) is 1.05. The zero-order valence-corrected chi connectivity index (χ0v) is 19.1. The Kier molecular flexibility index (Phi) is 6.73. The smallest absolute Gasteiger partial charge is 0.205 e. The van der Waals surface area contributed by atoms with E-state index < -0.39 is 0 Å². The summed E-state index contributed by atoms with van der Waals surface area (Å²) in [5.41, 5.74) is 2.86. The molecule has 5 rings (SSSR count). The maximum atomic E-state index is 6.11. The van der Waals surface area contributed by atoms with Crippen LogP contribution in [-0.4, -0.2) is 81.2 Å².